The molecule has 0 radical (unpaired) electrons. The smallest absolute Gasteiger partial charge is 0.212 e. The fourth-order valence-corrected chi connectivity index (χ4v) is 3.27. The lowest BCUT2D eigenvalue weighted by molar-refractivity contribution is 0.396. The summed E-state index contributed by atoms with van der Waals surface area (Å²) in [6, 6.07) is 15.3. The molecule has 2 aromatic rings. The van der Waals surface area contributed by atoms with Gasteiger partial charge in [0, 0.05) is 18.3 Å². The lowest BCUT2D eigenvalue weighted by Gasteiger charge is -2.16. The number of ether oxygens (including phenoxy) is 1. The molecule has 3 heteroatoms. The fraction of sp³-hybridized carbons (Fsp3) is 0.421. The molecule has 0 unspecified atom stereocenters. The van der Waals surface area contributed by atoms with Crippen molar-refractivity contribution in [3.63, 3.8) is 0 Å². The quantitative estimate of drug-likeness (QED) is 0.932. The monoisotopic (exact) mass is 296 g/mol. The maximum atomic E-state index is 5.13. The van der Waals surface area contributed by atoms with E-state index >= 15 is 0 Å². The molecule has 116 valence electrons. The summed E-state index contributed by atoms with van der Waals surface area (Å²) in [7, 11) is 1.65. The molecule has 3 rings (SSSR count). The highest BCUT2D eigenvalue weighted by atomic mass is 16.5. The summed E-state index contributed by atoms with van der Waals surface area (Å²) < 4.78 is 5.13. The Morgan fingerprint density at radius 3 is 2.68 bits per heavy atom. The number of methoxy groups -OCH3 is 1. The van der Waals surface area contributed by atoms with Crippen molar-refractivity contribution in [2.75, 3.05) is 13.7 Å². The van der Waals surface area contributed by atoms with Gasteiger partial charge in [-0.05, 0) is 49.3 Å². The van der Waals surface area contributed by atoms with Crippen LogP contribution in [-0.4, -0.2) is 18.6 Å². The third-order valence-electron chi connectivity index (χ3n) is 4.54. The molecule has 22 heavy (non-hydrogen) atoms. The lowest BCUT2D eigenvalue weighted by Crippen LogP contribution is -2.20. The Bertz CT molecular complexity index is 568. The van der Waals surface area contributed by atoms with Crippen molar-refractivity contribution >= 4 is 0 Å². The summed E-state index contributed by atoms with van der Waals surface area (Å²) >= 11 is 0. The maximum Gasteiger partial charge on any atom is 0.212 e. The van der Waals surface area contributed by atoms with Crippen molar-refractivity contribution in [2.45, 2.75) is 31.7 Å². The predicted octanol–water partition coefficient (Wildman–Crippen LogP) is 3.76. The molecule has 1 aromatic carbocycles. The highest BCUT2D eigenvalue weighted by Crippen LogP contribution is 2.28. The van der Waals surface area contributed by atoms with Gasteiger partial charge in [-0.3, -0.25) is 0 Å². The molecule has 0 saturated carbocycles. The van der Waals surface area contributed by atoms with Gasteiger partial charge in [0.05, 0.1) is 7.11 Å². The Morgan fingerprint density at radius 1 is 1.09 bits per heavy atom. The van der Waals surface area contributed by atoms with Crippen LogP contribution in [0.4, 0.5) is 0 Å². The molecule has 1 N–H and O–H groups in total. The van der Waals surface area contributed by atoms with E-state index in [1.165, 1.54) is 36.8 Å². The van der Waals surface area contributed by atoms with Gasteiger partial charge < -0.3 is 10.1 Å². The highest BCUT2D eigenvalue weighted by Gasteiger charge is 2.20. The first-order chi connectivity index (χ1) is 10.8. The van der Waals surface area contributed by atoms with E-state index in [0.717, 1.165) is 12.5 Å². The molecular formula is C19H24N2O. The minimum atomic E-state index is 0.416. The normalized spacial score (nSPS) is 22.0. The molecular weight excluding hydrogens is 272 g/mol. The summed E-state index contributed by atoms with van der Waals surface area (Å²) in [6.07, 6.45) is 6.81. The van der Waals surface area contributed by atoms with Gasteiger partial charge in [0.25, 0.3) is 0 Å². The van der Waals surface area contributed by atoms with Crippen molar-refractivity contribution in [1.29, 1.82) is 0 Å². The maximum absolute atomic E-state index is 5.13. The zero-order valence-electron chi connectivity index (χ0n) is 13.2. The van der Waals surface area contributed by atoms with Crippen LogP contribution in [0.1, 0.15) is 36.4 Å². The van der Waals surface area contributed by atoms with Gasteiger partial charge in [-0.15, -0.1) is 0 Å². The van der Waals surface area contributed by atoms with Crippen LogP contribution >= 0.6 is 0 Å². The van der Waals surface area contributed by atoms with E-state index in [4.69, 9.17) is 4.74 Å². The average Bonchev–Trinajstić information content (AvgIpc) is 2.82. The Kier molecular flexibility index (Phi) is 5.07. The van der Waals surface area contributed by atoms with E-state index in [0.29, 0.717) is 11.9 Å². The first-order valence-electron chi connectivity index (χ1n) is 8.12. The zero-order chi connectivity index (χ0) is 15.2. The van der Waals surface area contributed by atoms with Crippen LogP contribution in [0.2, 0.25) is 0 Å². The van der Waals surface area contributed by atoms with Crippen molar-refractivity contribution < 1.29 is 4.74 Å². The summed E-state index contributed by atoms with van der Waals surface area (Å²) in [5.41, 5.74) is 2.72. The second kappa shape index (κ2) is 7.41. The summed E-state index contributed by atoms with van der Waals surface area (Å²) in [5.74, 6) is 1.45. The molecule has 1 aromatic heterocycles. The van der Waals surface area contributed by atoms with Crippen LogP contribution in [-0.2, 0) is 6.42 Å². The lowest BCUT2D eigenvalue weighted by atomic mass is 9.91. The molecule has 3 nitrogen and oxygen atoms in total. The Hall–Kier alpha value is -1.87. The Balaban J connectivity index is 1.59. The number of benzene rings is 1. The van der Waals surface area contributed by atoms with Crippen LogP contribution in [0.5, 0.6) is 5.88 Å². The van der Waals surface area contributed by atoms with Crippen molar-refractivity contribution in [2.24, 2.45) is 5.92 Å². The van der Waals surface area contributed by atoms with Crippen LogP contribution in [0.25, 0.3) is 0 Å². The van der Waals surface area contributed by atoms with E-state index < -0.39 is 0 Å². The number of hydrogen-bond donors (Lipinski definition) is 1. The first kappa shape index (κ1) is 15.0. The molecule has 1 aliphatic heterocycles. The second-order valence-electron chi connectivity index (χ2n) is 6.06. The van der Waals surface area contributed by atoms with Crippen LogP contribution in [0, 0.1) is 5.92 Å². The number of aromatic nitrogens is 1. The number of nitrogens with zero attached hydrogens (tertiary/aromatic N) is 1. The van der Waals surface area contributed by atoms with Gasteiger partial charge >= 0.3 is 0 Å². The van der Waals surface area contributed by atoms with Gasteiger partial charge in [0.1, 0.15) is 0 Å². The van der Waals surface area contributed by atoms with Gasteiger partial charge in [0.15, 0.2) is 0 Å². The molecule has 0 aliphatic carbocycles. The fourth-order valence-electron chi connectivity index (χ4n) is 3.27. The molecule has 1 fully saturated rings. The summed E-state index contributed by atoms with van der Waals surface area (Å²) in [6.45, 7) is 1.08. The number of rotatable bonds is 4. The predicted molar refractivity (Wildman–Crippen MR) is 89.0 cm³/mol. The topological polar surface area (TPSA) is 34.1 Å². The Morgan fingerprint density at radius 2 is 1.95 bits per heavy atom. The summed E-state index contributed by atoms with van der Waals surface area (Å²) in [5, 5.41) is 3.67. The third-order valence-corrected chi connectivity index (χ3v) is 4.54. The first-order valence-corrected chi connectivity index (χ1v) is 8.12. The van der Waals surface area contributed by atoms with Gasteiger partial charge in [0.2, 0.25) is 5.88 Å². The zero-order valence-corrected chi connectivity index (χ0v) is 13.2. The van der Waals surface area contributed by atoms with Crippen molar-refractivity contribution in [3.8, 4) is 5.88 Å². The Labute approximate surface area is 132 Å². The molecule has 2 heterocycles. The van der Waals surface area contributed by atoms with E-state index in [9.17, 15) is 0 Å². The molecule has 2 atom stereocenters. The highest BCUT2D eigenvalue weighted by molar-refractivity contribution is 5.21. The van der Waals surface area contributed by atoms with Gasteiger partial charge in [-0.1, -0.05) is 36.4 Å². The minimum Gasteiger partial charge on any atom is -0.481 e. The van der Waals surface area contributed by atoms with E-state index in [-0.39, 0.29) is 0 Å². The SMILES string of the molecule is COc1ccc([C@@H]2CC[C@@H](Cc3ccccc3)CCN2)cn1. The van der Waals surface area contributed by atoms with Gasteiger partial charge in [-0.2, -0.15) is 0 Å². The molecule has 1 saturated heterocycles. The van der Waals surface area contributed by atoms with E-state index in [1.807, 2.05) is 12.3 Å². The third kappa shape index (κ3) is 3.86. The number of hydrogen-bond acceptors (Lipinski definition) is 3. The second-order valence-corrected chi connectivity index (χ2v) is 6.06. The van der Waals surface area contributed by atoms with E-state index in [1.54, 1.807) is 7.11 Å². The number of nitrogens with one attached hydrogen (secondary N) is 1. The molecule has 0 amide bonds. The van der Waals surface area contributed by atoms with Crippen molar-refractivity contribution in [3.05, 3.63) is 59.8 Å². The number of pyridine rings is 1. The van der Waals surface area contributed by atoms with E-state index in [2.05, 4.69) is 46.7 Å². The molecule has 0 spiro atoms. The molecule has 1 aliphatic rings. The van der Waals surface area contributed by atoms with Crippen LogP contribution in [0.15, 0.2) is 48.7 Å². The average molecular weight is 296 g/mol. The summed E-state index contributed by atoms with van der Waals surface area (Å²) in [4.78, 5) is 4.33. The van der Waals surface area contributed by atoms with Gasteiger partial charge in [-0.25, -0.2) is 4.98 Å². The largest absolute Gasteiger partial charge is 0.481 e. The van der Waals surface area contributed by atoms with Crippen LogP contribution in [0.3, 0.4) is 0 Å². The van der Waals surface area contributed by atoms with Crippen LogP contribution < -0.4 is 10.1 Å². The minimum absolute atomic E-state index is 0.416. The van der Waals surface area contributed by atoms with Crippen molar-refractivity contribution in [1.82, 2.24) is 10.3 Å². The molecule has 0 bridgehead atoms. The standard InChI is InChI=1S/C19H24N2O/c1-22-19-10-8-17(14-21-19)18-9-7-16(11-12-20-18)13-15-5-3-2-4-6-15/h2-6,8,10,14,16,18,20H,7,9,11-13H2,1H3/t16-,18+/m1/s1.